The molecule has 0 spiro atoms. The fourth-order valence-electron chi connectivity index (χ4n) is 2.17. The van der Waals surface area contributed by atoms with Crippen LogP contribution in [0, 0.1) is 11.3 Å². The molecule has 1 atom stereocenters. The predicted octanol–water partition coefficient (Wildman–Crippen LogP) is 2.96. The Balaban J connectivity index is 2.26. The second kappa shape index (κ2) is 4.84. The van der Waals surface area contributed by atoms with E-state index in [1.165, 1.54) is 19.3 Å². The molecule has 1 aromatic rings. The molecule has 86 valence electrons. The van der Waals surface area contributed by atoms with Crippen molar-refractivity contribution in [2.45, 2.75) is 45.6 Å². The topological polar surface area (TPSA) is 39.9 Å². The summed E-state index contributed by atoms with van der Waals surface area (Å²) in [4.78, 5) is 7.74. The number of anilines is 1. The molecule has 3 nitrogen and oxygen atoms in total. The Labute approximate surface area is 101 Å². The fourth-order valence-corrected chi connectivity index (χ4v) is 3.25. The molecular formula is C12H17N3S. The molecule has 2 rings (SSSR count). The third-order valence-electron chi connectivity index (χ3n) is 3.17. The van der Waals surface area contributed by atoms with Crippen molar-refractivity contribution in [2.24, 2.45) is 0 Å². The van der Waals surface area contributed by atoms with Gasteiger partial charge in [0.15, 0.2) is 5.13 Å². The van der Waals surface area contributed by atoms with Crippen LogP contribution in [-0.2, 0) is 6.42 Å². The molecule has 0 N–H and O–H groups in total. The van der Waals surface area contributed by atoms with E-state index in [4.69, 9.17) is 5.26 Å². The number of aromatic nitrogens is 1. The van der Waals surface area contributed by atoms with E-state index in [1.807, 2.05) is 0 Å². The number of nitriles is 1. The molecule has 0 aromatic carbocycles. The van der Waals surface area contributed by atoms with E-state index in [1.54, 1.807) is 11.3 Å². The second-order valence-electron chi connectivity index (χ2n) is 4.28. The van der Waals surface area contributed by atoms with Crippen molar-refractivity contribution in [3.63, 3.8) is 0 Å². The SMILES string of the molecule is CCc1nc(N2CCCCC2C)sc1C#N. The first kappa shape index (κ1) is 11.4. The minimum absolute atomic E-state index is 0.566. The Morgan fingerprint density at radius 1 is 1.56 bits per heavy atom. The highest BCUT2D eigenvalue weighted by atomic mass is 32.1. The summed E-state index contributed by atoms with van der Waals surface area (Å²) in [7, 11) is 0. The average molecular weight is 235 g/mol. The number of thiazole rings is 1. The monoisotopic (exact) mass is 235 g/mol. The second-order valence-corrected chi connectivity index (χ2v) is 5.25. The smallest absolute Gasteiger partial charge is 0.187 e. The minimum atomic E-state index is 0.566. The maximum atomic E-state index is 9.03. The maximum Gasteiger partial charge on any atom is 0.187 e. The van der Waals surface area contributed by atoms with Gasteiger partial charge < -0.3 is 4.90 Å². The number of aryl methyl sites for hydroxylation is 1. The molecule has 0 bridgehead atoms. The molecule has 1 aliphatic heterocycles. The lowest BCUT2D eigenvalue weighted by atomic mass is 10.1. The highest BCUT2D eigenvalue weighted by molar-refractivity contribution is 7.16. The largest absolute Gasteiger partial charge is 0.345 e. The molecular weight excluding hydrogens is 218 g/mol. The van der Waals surface area contributed by atoms with Crippen molar-refractivity contribution in [3.8, 4) is 6.07 Å². The van der Waals surface area contributed by atoms with Gasteiger partial charge in [0, 0.05) is 12.6 Å². The first-order chi connectivity index (χ1) is 7.76. The lowest BCUT2D eigenvalue weighted by molar-refractivity contribution is 0.484. The Bertz CT molecular complexity index is 405. The molecule has 0 radical (unpaired) electrons. The van der Waals surface area contributed by atoms with Crippen molar-refractivity contribution in [1.82, 2.24) is 4.98 Å². The van der Waals surface area contributed by atoms with Crippen LogP contribution >= 0.6 is 11.3 Å². The minimum Gasteiger partial charge on any atom is -0.345 e. The summed E-state index contributed by atoms with van der Waals surface area (Å²) in [5.74, 6) is 0. The molecule has 2 heterocycles. The van der Waals surface area contributed by atoms with Gasteiger partial charge in [-0.05, 0) is 32.6 Å². The summed E-state index contributed by atoms with van der Waals surface area (Å²) in [5, 5.41) is 10.1. The van der Waals surface area contributed by atoms with Crippen molar-refractivity contribution in [2.75, 3.05) is 11.4 Å². The molecule has 0 saturated carbocycles. The van der Waals surface area contributed by atoms with Crippen LogP contribution in [0.1, 0.15) is 43.7 Å². The van der Waals surface area contributed by atoms with Gasteiger partial charge in [-0.3, -0.25) is 0 Å². The van der Waals surface area contributed by atoms with E-state index < -0.39 is 0 Å². The summed E-state index contributed by atoms with van der Waals surface area (Å²) in [6, 6.07) is 2.82. The lowest BCUT2D eigenvalue weighted by Crippen LogP contribution is -2.37. The predicted molar refractivity (Wildman–Crippen MR) is 66.9 cm³/mol. The van der Waals surface area contributed by atoms with Crippen LogP contribution in [-0.4, -0.2) is 17.6 Å². The normalized spacial score (nSPS) is 20.8. The Kier molecular flexibility index (Phi) is 3.45. The molecule has 1 saturated heterocycles. The Morgan fingerprint density at radius 2 is 2.38 bits per heavy atom. The average Bonchev–Trinajstić information content (AvgIpc) is 2.72. The van der Waals surface area contributed by atoms with Crippen LogP contribution in [0.4, 0.5) is 5.13 Å². The van der Waals surface area contributed by atoms with Crippen LogP contribution in [0.2, 0.25) is 0 Å². The summed E-state index contributed by atoms with van der Waals surface area (Å²) in [6.45, 7) is 5.39. The van der Waals surface area contributed by atoms with Gasteiger partial charge in [0.1, 0.15) is 10.9 Å². The summed E-state index contributed by atoms with van der Waals surface area (Å²) < 4.78 is 0. The van der Waals surface area contributed by atoms with E-state index in [2.05, 4.69) is 29.8 Å². The molecule has 1 unspecified atom stereocenters. The quantitative estimate of drug-likeness (QED) is 0.791. The van der Waals surface area contributed by atoms with Crippen LogP contribution in [0.25, 0.3) is 0 Å². The Hall–Kier alpha value is -1.08. The van der Waals surface area contributed by atoms with Gasteiger partial charge >= 0.3 is 0 Å². The molecule has 1 aromatic heterocycles. The van der Waals surface area contributed by atoms with Gasteiger partial charge in [-0.25, -0.2) is 4.98 Å². The zero-order valence-corrected chi connectivity index (χ0v) is 10.7. The van der Waals surface area contributed by atoms with E-state index in [0.717, 1.165) is 28.7 Å². The Morgan fingerprint density at radius 3 is 2.94 bits per heavy atom. The third-order valence-corrected chi connectivity index (χ3v) is 4.21. The van der Waals surface area contributed by atoms with Gasteiger partial charge in [-0.15, -0.1) is 0 Å². The van der Waals surface area contributed by atoms with Crippen molar-refractivity contribution < 1.29 is 0 Å². The number of piperidine rings is 1. The van der Waals surface area contributed by atoms with E-state index >= 15 is 0 Å². The molecule has 16 heavy (non-hydrogen) atoms. The molecule has 1 fully saturated rings. The van der Waals surface area contributed by atoms with Crippen molar-refractivity contribution >= 4 is 16.5 Å². The lowest BCUT2D eigenvalue weighted by Gasteiger charge is -2.33. The molecule has 1 aliphatic rings. The zero-order chi connectivity index (χ0) is 11.5. The van der Waals surface area contributed by atoms with Crippen molar-refractivity contribution in [3.05, 3.63) is 10.6 Å². The molecule has 0 amide bonds. The number of rotatable bonds is 2. The van der Waals surface area contributed by atoms with Gasteiger partial charge in [-0.1, -0.05) is 18.3 Å². The number of hydrogen-bond acceptors (Lipinski definition) is 4. The summed E-state index contributed by atoms with van der Waals surface area (Å²) in [6.07, 6.45) is 4.65. The van der Waals surface area contributed by atoms with Gasteiger partial charge in [0.25, 0.3) is 0 Å². The van der Waals surface area contributed by atoms with E-state index in [0.29, 0.717) is 6.04 Å². The first-order valence-electron chi connectivity index (χ1n) is 5.92. The van der Waals surface area contributed by atoms with Crippen molar-refractivity contribution in [1.29, 1.82) is 5.26 Å². The van der Waals surface area contributed by atoms with E-state index in [-0.39, 0.29) is 0 Å². The van der Waals surface area contributed by atoms with Crippen LogP contribution in [0.3, 0.4) is 0 Å². The van der Waals surface area contributed by atoms with Crippen LogP contribution in [0.5, 0.6) is 0 Å². The first-order valence-corrected chi connectivity index (χ1v) is 6.74. The number of hydrogen-bond donors (Lipinski definition) is 0. The third kappa shape index (κ3) is 2.05. The van der Waals surface area contributed by atoms with E-state index in [9.17, 15) is 0 Å². The van der Waals surface area contributed by atoms with Crippen LogP contribution < -0.4 is 4.90 Å². The highest BCUT2D eigenvalue weighted by Crippen LogP contribution is 2.30. The van der Waals surface area contributed by atoms with Gasteiger partial charge in [0.2, 0.25) is 0 Å². The zero-order valence-electron chi connectivity index (χ0n) is 9.86. The van der Waals surface area contributed by atoms with Gasteiger partial charge in [-0.2, -0.15) is 5.26 Å². The maximum absolute atomic E-state index is 9.03. The van der Waals surface area contributed by atoms with Gasteiger partial charge in [0.05, 0.1) is 5.69 Å². The summed E-state index contributed by atoms with van der Waals surface area (Å²) in [5.41, 5.74) is 0.959. The number of nitrogens with zero attached hydrogens (tertiary/aromatic N) is 3. The van der Waals surface area contributed by atoms with Crippen LogP contribution in [0.15, 0.2) is 0 Å². The summed E-state index contributed by atoms with van der Waals surface area (Å²) >= 11 is 1.55. The fraction of sp³-hybridized carbons (Fsp3) is 0.667. The molecule has 4 heteroatoms. The highest BCUT2D eigenvalue weighted by Gasteiger charge is 2.22. The molecule has 0 aliphatic carbocycles. The standard InChI is InChI=1S/C12H17N3S/c1-3-10-11(8-13)16-12(14-10)15-7-5-4-6-9(15)2/h9H,3-7H2,1-2H3.